The molecule has 4 heteroatoms. The first-order valence-corrected chi connectivity index (χ1v) is 4.01. The number of allylic oxidation sites excluding steroid dienone is 1. The van der Waals surface area contributed by atoms with Gasteiger partial charge in [0.15, 0.2) is 6.29 Å². The predicted molar refractivity (Wildman–Crippen MR) is 45.7 cm³/mol. The van der Waals surface area contributed by atoms with Crippen molar-refractivity contribution in [1.29, 1.82) is 0 Å². The molecular weight excluding hydrogens is 208 g/mol. The van der Waals surface area contributed by atoms with Crippen molar-refractivity contribution in [1.82, 2.24) is 9.78 Å². The van der Waals surface area contributed by atoms with Gasteiger partial charge in [-0.05, 0) is 4.99 Å². The fraction of sp³-hybridized carbons (Fsp3) is 0.143. The van der Waals surface area contributed by atoms with Gasteiger partial charge in [0.05, 0.1) is 18.3 Å². The van der Waals surface area contributed by atoms with E-state index in [1.807, 2.05) is 6.08 Å². The van der Waals surface area contributed by atoms with E-state index in [0.29, 0.717) is 12.1 Å². The van der Waals surface area contributed by atoms with Crippen LogP contribution in [0.4, 0.5) is 0 Å². The monoisotopic (exact) mass is 214 g/mol. The van der Waals surface area contributed by atoms with E-state index in [4.69, 9.17) is 0 Å². The second-order valence-electron chi connectivity index (χ2n) is 1.98. The Hall–Kier alpha value is -0.900. The van der Waals surface area contributed by atoms with Crippen LogP contribution >= 0.6 is 15.9 Å². The minimum Gasteiger partial charge on any atom is -0.298 e. The molecule has 0 aliphatic carbocycles. The van der Waals surface area contributed by atoms with E-state index in [-0.39, 0.29) is 0 Å². The predicted octanol–water partition coefficient (Wildman–Crippen LogP) is 1.60. The average molecular weight is 215 g/mol. The molecule has 0 spiro atoms. The molecule has 11 heavy (non-hydrogen) atoms. The van der Waals surface area contributed by atoms with Crippen molar-refractivity contribution >= 4 is 22.2 Å². The molecule has 0 atom stereocenters. The molecule has 1 aromatic rings. The van der Waals surface area contributed by atoms with Gasteiger partial charge in [0, 0.05) is 6.20 Å². The highest BCUT2D eigenvalue weighted by Crippen LogP contribution is 1.94. The second-order valence-corrected chi connectivity index (χ2v) is 2.50. The summed E-state index contributed by atoms with van der Waals surface area (Å²) >= 11 is 3.14. The molecule has 1 heterocycles. The Kier molecular flexibility index (Phi) is 3.04. The van der Waals surface area contributed by atoms with Gasteiger partial charge < -0.3 is 0 Å². The highest BCUT2D eigenvalue weighted by Gasteiger charge is 1.92. The topological polar surface area (TPSA) is 34.9 Å². The van der Waals surface area contributed by atoms with Gasteiger partial charge in [-0.15, -0.1) is 0 Å². The third kappa shape index (κ3) is 2.31. The van der Waals surface area contributed by atoms with Crippen LogP contribution in [-0.2, 0) is 6.54 Å². The zero-order chi connectivity index (χ0) is 8.10. The summed E-state index contributed by atoms with van der Waals surface area (Å²) in [4.78, 5) is 12.0. The number of aldehydes is 1. The summed E-state index contributed by atoms with van der Waals surface area (Å²) in [5.41, 5.74) is 0.605. The Labute approximate surface area is 72.8 Å². The van der Waals surface area contributed by atoms with E-state index in [9.17, 15) is 4.79 Å². The number of halogens is 1. The molecule has 0 amide bonds. The van der Waals surface area contributed by atoms with Crippen LogP contribution in [0.1, 0.15) is 10.4 Å². The van der Waals surface area contributed by atoms with Gasteiger partial charge in [0.25, 0.3) is 0 Å². The molecule has 1 aromatic heterocycles. The molecule has 3 nitrogen and oxygen atoms in total. The summed E-state index contributed by atoms with van der Waals surface area (Å²) in [6.07, 6.45) is 5.90. The summed E-state index contributed by atoms with van der Waals surface area (Å²) in [6, 6.07) is 0. The van der Waals surface area contributed by atoms with E-state index in [1.54, 1.807) is 15.9 Å². The normalized spacial score (nSPS) is 10.6. The molecule has 58 valence electrons. The Morgan fingerprint density at radius 3 is 3.09 bits per heavy atom. The molecule has 1 rings (SSSR count). The second kappa shape index (κ2) is 4.08. The number of nitrogens with zero attached hydrogens (tertiary/aromatic N) is 2. The van der Waals surface area contributed by atoms with Crippen molar-refractivity contribution in [3.05, 3.63) is 29.0 Å². The van der Waals surface area contributed by atoms with Gasteiger partial charge in [-0.1, -0.05) is 22.0 Å². The maximum absolute atomic E-state index is 10.2. The maximum Gasteiger partial charge on any atom is 0.153 e. The summed E-state index contributed by atoms with van der Waals surface area (Å²) in [5.74, 6) is 0. The van der Waals surface area contributed by atoms with Crippen LogP contribution < -0.4 is 0 Å². The van der Waals surface area contributed by atoms with Gasteiger partial charge in [-0.25, -0.2) is 0 Å². The quantitative estimate of drug-likeness (QED) is 0.717. The lowest BCUT2D eigenvalue weighted by molar-refractivity contribution is 0.112. The summed E-state index contributed by atoms with van der Waals surface area (Å²) in [6.45, 7) is 0.680. The van der Waals surface area contributed by atoms with Crippen LogP contribution in [0.15, 0.2) is 23.5 Å². The number of rotatable bonds is 3. The van der Waals surface area contributed by atoms with Crippen LogP contribution in [0.5, 0.6) is 0 Å². The van der Waals surface area contributed by atoms with Gasteiger partial charge in [-0.3, -0.25) is 9.48 Å². The molecule has 0 radical (unpaired) electrons. The van der Waals surface area contributed by atoms with Gasteiger partial charge >= 0.3 is 0 Å². The van der Waals surface area contributed by atoms with Crippen LogP contribution in [0, 0.1) is 0 Å². The summed E-state index contributed by atoms with van der Waals surface area (Å²) in [5, 5.41) is 3.94. The van der Waals surface area contributed by atoms with E-state index in [0.717, 1.165) is 6.29 Å². The van der Waals surface area contributed by atoms with Crippen LogP contribution in [0.25, 0.3) is 0 Å². The Bertz CT molecular complexity index is 267. The number of hydrogen-bond acceptors (Lipinski definition) is 2. The SMILES string of the molecule is O=Cc1cnn(CC=CBr)c1. The van der Waals surface area contributed by atoms with Crippen LogP contribution in [-0.4, -0.2) is 16.1 Å². The van der Waals surface area contributed by atoms with Crippen LogP contribution in [0.3, 0.4) is 0 Å². The Morgan fingerprint density at radius 1 is 1.73 bits per heavy atom. The van der Waals surface area contributed by atoms with Crippen molar-refractivity contribution in [2.24, 2.45) is 0 Å². The number of carbonyl (C=O) groups excluding carboxylic acids is 1. The third-order valence-corrected chi connectivity index (χ3v) is 1.54. The fourth-order valence-corrected chi connectivity index (χ4v) is 0.855. The Morgan fingerprint density at radius 2 is 2.55 bits per heavy atom. The fourth-order valence-electron chi connectivity index (χ4n) is 0.688. The smallest absolute Gasteiger partial charge is 0.153 e. The van der Waals surface area contributed by atoms with Crippen LogP contribution in [0.2, 0.25) is 0 Å². The molecule has 0 bridgehead atoms. The molecule has 0 aromatic carbocycles. The van der Waals surface area contributed by atoms with Crippen molar-refractivity contribution < 1.29 is 4.79 Å². The van der Waals surface area contributed by atoms with Crippen molar-refractivity contribution in [3.63, 3.8) is 0 Å². The molecular formula is C7H7BrN2O. The van der Waals surface area contributed by atoms with Crippen molar-refractivity contribution in [2.75, 3.05) is 0 Å². The van der Waals surface area contributed by atoms with Gasteiger partial charge in [0.2, 0.25) is 0 Å². The molecule has 0 saturated carbocycles. The molecule has 0 N–H and O–H groups in total. The van der Waals surface area contributed by atoms with E-state index < -0.39 is 0 Å². The third-order valence-electron chi connectivity index (χ3n) is 1.17. The molecule has 0 fully saturated rings. The van der Waals surface area contributed by atoms with Gasteiger partial charge in [0.1, 0.15) is 0 Å². The lowest BCUT2D eigenvalue weighted by Crippen LogP contribution is -1.93. The van der Waals surface area contributed by atoms with Crippen molar-refractivity contribution in [3.8, 4) is 0 Å². The van der Waals surface area contributed by atoms with E-state index in [1.165, 1.54) is 6.20 Å². The molecule has 0 aliphatic rings. The van der Waals surface area contributed by atoms with E-state index >= 15 is 0 Å². The standard InChI is InChI=1S/C7H7BrN2O/c8-2-1-3-10-5-7(6-11)4-9-10/h1-2,4-6H,3H2. The minimum absolute atomic E-state index is 0.605. The van der Waals surface area contributed by atoms with E-state index in [2.05, 4.69) is 21.0 Å². The number of hydrogen-bond donors (Lipinski definition) is 0. The zero-order valence-electron chi connectivity index (χ0n) is 5.77. The first-order chi connectivity index (χ1) is 5.36. The largest absolute Gasteiger partial charge is 0.298 e. The lowest BCUT2D eigenvalue weighted by Gasteiger charge is -1.90. The first-order valence-electron chi connectivity index (χ1n) is 3.09. The Balaban J connectivity index is 2.65. The number of aromatic nitrogens is 2. The highest BCUT2D eigenvalue weighted by molar-refractivity contribution is 9.11. The minimum atomic E-state index is 0.605. The highest BCUT2D eigenvalue weighted by atomic mass is 79.9. The summed E-state index contributed by atoms with van der Waals surface area (Å²) in [7, 11) is 0. The van der Waals surface area contributed by atoms with Gasteiger partial charge in [-0.2, -0.15) is 5.10 Å². The van der Waals surface area contributed by atoms with Crippen molar-refractivity contribution in [2.45, 2.75) is 6.54 Å². The molecule has 0 unspecified atom stereocenters. The molecule has 0 saturated heterocycles. The maximum atomic E-state index is 10.2. The zero-order valence-corrected chi connectivity index (χ0v) is 7.36. The lowest BCUT2D eigenvalue weighted by atomic mass is 10.4. The summed E-state index contributed by atoms with van der Waals surface area (Å²) < 4.78 is 1.68. The average Bonchev–Trinajstić information content (AvgIpc) is 2.48. The molecule has 0 aliphatic heterocycles. The first kappa shape index (κ1) is 8.20. The number of carbonyl (C=O) groups is 1.